The lowest BCUT2D eigenvalue weighted by molar-refractivity contribution is -0.129. The van der Waals surface area contributed by atoms with Gasteiger partial charge in [-0.25, -0.2) is 14.4 Å². The third kappa shape index (κ3) is 4.78. The van der Waals surface area contributed by atoms with Crippen molar-refractivity contribution in [3.63, 3.8) is 0 Å². The van der Waals surface area contributed by atoms with Gasteiger partial charge in [0.25, 0.3) is 5.91 Å². The van der Waals surface area contributed by atoms with Gasteiger partial charge in [0.2, 0.25) is 5.91 Å². The first-order valence-electron chi connectivity index (χ1n) is 11.8. The number of rotatable bonds is 7. The maximum Gasteiger partial charge on any atom is 0.255 e. The van der Waals surface area contributed by atoms with Crippen LogP contribution >= 0.6 is 0 Å². The average Bonchev–Trinajstić information content (AvgIpc) is 3.59. The van der Waals surface area contributed by atoms with Gasteiger partial charge in [0.05, 0.1) is 24.8 Å². The molecule has 184 valence electrons. The molecule has 2 fully saturated rings. The second-order valence-electron chi connectivity index (χ2n) is 9.14. The topological polar surface area (TPSA) is 109 Å². The zero-order valence-corrected chi connectivity index (χ0v) is 19.8. The van der Waals surface area contributed by atoms with Crippen LogP contribution in [0.15, 0.2) is 24.7 Å². The Hall–Kier alpha value is -3.69. The molecule has 1 aromatic carbocycles. The van der Waals surface area contributed by atoms with Gasteiger partial charge in [-0.3, -0.25) is 9.59 Å². The Kier molecular flexibility index (Phi) is 6.27. The normalized spacial score (nSPS) is 16.4. The van der Waals surface area contributed by atoms with Crippen LogP contribution in [0.1, 0.15) is 43.0 Å². The molecule has 5 rings (SSSR count). The number of carbonyl (C=O) groups is 2. The van der Waals surface area contributed by atoms with E-state index in [4.69, 9.17) is 9.47 Å². The molecule has 0 spiro atoms. The van der Waals surface area contributed by atoms with Crippen molar-refractivity contribution in [1.82, 2.24) is 25.2 Å². The summed E-state index contributed by atoms with van der Waals surface area (Å²) in [7, 11) is 1.41. The minimum atomic E-state index is -0.533. The number of hydrogen-bond donors (Lipinski definition) is 2. The van der Waals surface area contributed by atoms with Crippen molar-refractivity contribution in [3.05, 3.63) is 36.0 Å². The number of aromatic nitrogens is 3. The van der Waals surface area contributed by atoms with Crippen LogP contribution < -0.4 is 14.8 Å². The van der Waals surface area contributed by atoms with E-state index in [1.165, 1.54) is 25.6 Å². The summed E-state index contributed by atoms with van der Waals surface area (Å²) in [5, 5.41) is 3.05. The summed E-state index contributed by atoms with van der Waals surface area (Å²) >= 11 is 0. The maximum atomic E-state index is 14.7. The predicted molar refractivity (Wildman–Crippen MR) is 127 cm³/mol. The van der Waals surface area contributed by atoms with E-state index in [0.717, 1.165) is 12.8 Å². The highest BCUT2D eigenvalue weighted by Gasteiger charge is 2.26. The lowest BCUT2D eigenvalue weighted by atomic mass is 10.0. The van der Waals surface area contributed by atoms with Gasteiger partial charge < -0.3 is 24.7 Å². The highest BCUT2D eigenvalue weighted by Crippen LogP contribution is 2.39. The van der Waals surface area contributed by atoms with Gasteiger partial charge in [-0.05, 0) is 37.7 Å². The van der Waals surface area contributed by atoms with Crippen LogP contribution in [0.2, 0.25) is 0 Å². The molecule has 10 heteroatoms. The van der Waals surface area contributed by atoms with Gasteiger partial charge in [-0.15, -0.1) is 0 Å². The van der Waals surface area contributed by atoms with E-state index in [9.17, 15) is 14.0 Å². The number of nitrogens with one attached hydrogen (secondary N) is 2. The van der Waals surface area contributed by atoms with E-state index in [0.29, 0.717) is 72.1 Å². The molecule has 1 aliphatic carbocycles. The SMILES string of the molecule is COc1cc(OCC2CC2)c(-c2ncnc3c(C(=O)NC4CCN(C(C)=O)CC4)c[nH]c23)cc1F. The number of fused-ring (bicyclic) bond motifs is 1. The van der Waals surface area contributed by atoms with Crippen molar-refractivity contribution in [2.24, 2.45) is 5.92 Å². The first-order valence-corrected chi connectivity index (χ1v) is 11.8. The number of ether oxygens (including phenoxy) is 2. The molecule has 2 amide bonds. The molecule has 0 bridgehead atoms. The zero-order valence-electron chi connectivity index (χ0n) is 19.8. The fraction of sp³-hybridized carbons (Fsp3) is 0.440. The zero-order chi connectivity index (χ0) is 24.5. The molecule has 9 nitrogen and oxygen atoms in total. The molecule has 2 N–H and O–H groups in total. The van der Waals surface area contributed by atoms with Crippen LogP contribution in [-0.2, 0) is 4.79 Å². The fourth-order valence-electron chi connectivity index (χ4n) is 4.41. The molecule has 0 unspecified atom stereocenters. The number of piperidine rings is 1. The maximum absolute atomic E-state index is 14.7. The second-order valence-corrected chi connectivity index (χ2v) is 9.14. The Morgan fingerprint density at radius 2 is 1.94 bits per heavy atom. The van der Waals surface area contributed by atoms with Crippen LogP contribution in [0.4, 0.5) is 4.39 Å². The molecule has 3 aromatic rings. The molecule has 0 atom stereocenters. The summed E-state index contributed by atoms with van der Waals surface area (Å²) in [5.41, 5.74) is 2.24. The summed E-state index contributed by atoms with van der Waals surface area (Å²) in [5.74, 6) is 0.321. The lowest BCUT2D eigenvalue weighted by Gasteiger charge is -2.31. The van der Waals surface area contributed by atoms with Crippen LogP contribution in [-0.4, -0.2) is 64.5 Å². The molecule has 2 aliphatic rings. The number of likely N-dealkylation sites (tertiary alicyclic amines) is 1. The van der Waals surface area contributed by atoms with E-state index < -0.39 is 5.82 Å². The Labute approximate surface area is 202 Å². The standard InChI is InChI=1S/C25H28FN5O4/c1-14(32)31-7-5-16(6-8-31)30-25(33)18-11-27-24-22(28-13-29-23(18)24)17-9-19(26)21(34-2)10-20(17)35-12-15-3-4-15/h9-11,13,15-16,27H,3-8,12H2,1-2H3,(H,30,33). The van der Waals surface area contributed by atoms with E-state index in [-0.39, 0.29) is 23.6 Å². The van der Waals surface area contributed by atoms with Crippen molar-refractivity contribution >= 4 is 22.8 Å². The van der Waals surface area contributed by atoms with Crippen molar-refractivity contribution in [2.45, 2.75) is 38.6 Å². The smallest absolute Gasteiger partial charge is 0.255 e. The van der Waals surface area contributed by atoms with Crippen molar-refractivity contribution in [3.8, 4) is 22.8 Å². The van der Waals surface area contributed by atoms with Crippen LogP contribution in [0.5, 0.6) is 11.5 Å². The largest absolute Gasteiger partial charge is 0.494 e. The molecule has 2 aromatic heterocycles. The summed E-state index contributed by atoms with van der Waals surface area (Å²) in [4.78, 5) is 38.2. The van der Waals surface area contributed by atoms with Crippen molar-refractivity contribution in [2.75, 3.05) is 26.8 Å². The number of aromatic amines is 1. The third-order valence-electron chi connectivity index (χ3n) is 6.66. The quantitative estimate of drug-likeness (QED) is 0.536. The summed E-state index contributed by atoms with van der Waals surface area (Å²) in [6, 6.07) is 2.85. The van der Waals surface area contributed by atoms with Gasteiger partial charge in [-0.1, -0.05) is 0 Å². The van der Waals surface area contributed by atoms with E-state index in [1.54, 1.807) is 18.0 Å². The van der Waals surface area contributed by atoms with Crippen LogP contribution in [0.3, 0.4) is 0 Å². The molecule has 1 aliphatic heterocycles. The number of amides is 2. The number of benzene rings is 1. The summed E-state index contributed by atoms with van der Waals surface area (Å²) in [6.07, 6.45) is 6.58. The van der Waals surface area contributed by atoms with Crippen LogP contribution in [0.25, 0.3) is 22.3 Å². The molecule has 3 heterocycles. The molecule has 35 heavy (non-hydrogen) atoms. The van der Waals surface area contributed by atoms with Gasteiger partial charge in [0.1, 0.15) is 23.3 Å². The minimum absolute atomic E-state index is 0.0255. The molecular formula is C25H28FN5O4. The van der Waals surface area contributed by atoms with E-state index >= 15 is 0 Å². The predicted octanol–water partition coefficient (Wildman–Crippen LogP) is 3.30. The number of H-pyrrole nitrogens is 1. The number of carbonyl (C=O) groups excluding carboxylic acids is 2. The first kappa shape index (κ1) is 23.1. The van der Waals surface area contributed by atoms with Gasteiger partial charge in [0.15, 0.2) is 11.6 Å². The summed E-state index contributed by atoms with van der Waals surface area (Å²) < 4.78 is 25.8. The number of hydrogen-bond acceptors (Lipinski definition) is 6. The highest BCUT2D eigenvalue weighted by molar-refractivity contribution is 6.08. The highest BCUT2D eigenvalue weighted by atomic mass is 19.1. The van der Waals surface area contributed by atoms with Gasteiger partial charge in [0, 0.05) is 43.9 Å². The Bertz CT molecular complexity index is 1260. The fourth-order valence-corrected chi connectivity index (χ4v) is 4.41. The molecule has 1 saturated carbocycles. The minimum Gasteiger partial charge on any atom is -0.494 e. The number of nitrogens with zero attached hydrogens (tertiary/aromatic N) is 3. The van der Waals surface area contributed by atoms with Gasteiger partial charge >= 0.3 is 0 Å². The molecule has 1 saturated heterocycles. The molecule has 0 radical (unpaired) electrons. The van der Waals surface area contributed by atoms with Crippen molar-refractivity contribution in [1.29, 1.82) is 0 Å². The summed E-state index contributed by atoms with van der Waals surface area (Å²) in [6.45, 7) is 3.33. The van der Waals surface area contributed by atoms with E-state index in [1.807, 2.05) is 0 Å². The number of halogens is 1. The van der Waals surface area contributed by atoms with E-state index in [2.05, 4.69) is 20.3 Å². The van der Waals surface area contributed by atoms with Crippen molar-refractivity contribution < 1.29 is 23.5 Å². The second kappa shape index (κ2) is 9.52. The average molecular weight is 482 g/mol. The Balaban J connectivity index is 1.42. The molecular weight excluding hydrogens is 453 g/mol. The Morgan fingerprint density at radius 1 is 1.17 bits per heavy atom. The third-order valence-corrected chi connectivity index (χ3v) is 6.66. The van der Waals surface area contributed by atoms with Crippen LogP contribution in [0, 0.1) is 11.7 Å². The Morgan fingerprint density at radius 3 is 2.63 bits per heavy atom. The first-order chi connectivity index (χ1) is 16.9. The van der Waals surface area contributed by atoms with Gasteiger partial charge in [-0.2, -0.15) is 0 Å². The number of methoxy groups -OCH3 is 1. The monoisotopic (exact) mass is 481 g/mol. The lowest BCUT2D eigenvalue weighted by Crippen LogP contribution is -2.45.